The Bertz CT molecular complexity index is 1550. The molecule has 0 bridgehead atoms. The molecular weight excluding hydrogens is 441 g/mol. The van der Waals surface area contributed by atoms with Crippen LogP contribution >= 0.6 is 0 Å². The predicted octanol–water partition coefficient (Wildman–Crippen LogP) is 4.60. The Kier molecular flexibility index (Phi) is 5.62. The lowest BCUT2D eigenvalue weighted by atomic mass is 9.83. The van der Waals surface area contributed by atoms with Gasteiger partial charge in [0.15, 0.2) is 0 Å². The minimum absolute atomic E-state index is 0.0822. The zero-order chi connectivity index (χ0) is 23.8. The van der Waals surface area contributed by atoms with E-state index < -0.39 is 6.17 Å². The average molecular weight is 468 g/mol. The molecule has 6 nitrogen and oxygen atoms in total. The fourth-order valence-corrected chi connectivity index (χ4v) is 4.87. The van der Waals surface area contributed by atoms with E-state index in [1.54, 1.807) is 17.0 Å². The van der Waals surface area contributed by atoms with E-state index in [2.05, 4.69) is 22.6 Å². The molecule has 0 unspecified atom stereocenters. The number of nitrogens with zero attached hydrogens (tertiary/aromatic N) is 4. The van der Waals surface area contributed by atoms with Gasteiger partial charge in [-0.25, -0.2) is 9.37 Å². The second kappa shape index (κ2) is 9.07. The summed E-state index contributed by atoms with van der Waals surface area (Å²) in [6, 6.07) is 16.0. The lowest BCUT2D eigenvalue weighted by molar-refractivity contribution is 0.129. The summed E-state index contributed by atoms with van der Waals surface area (Å²) < 4.78 is 16.7. The molecule has 1 fully saturated rings. The van der Waals surface area contributed by atoms with Crippen LogP contribution in [-0.4, -0.2) is 31.7 Å². The van der Waals surface area contributed by atoms with Gasteiger partial charge in [0.1, 0.15) is 11.8 Å². The maximum absolute atomic E-state index is 13.3. The van der Waals surface area contributed by atoms with Crippen molar-refractivity contribution in [2.75, 3.05) is 6.54 Å². The van der Waals surface area contributed by atoms with Gasteiger partial charge in [-0.3, -0.25) is 9.78 Å². The molecule has 1 saturated carbocycles. The quantitative estimate of drug-likeness (QED) is 0.380. The summed E-state index contributed by atoms with van der Waals surface area (Å²) in [5, 5.41) is 4.91. The summed E-state index contributed by atoms with van der Waals surface area (Å²) in [6.45, 7) is 1.96. The van der Waals surface area contributed by atoms with Gasteiger partial charge in [-0.15, -0.1) is 0 Å². The Labute approximate surface area is 202 Å². The standard InChI is InChI=1S/C28H26FN5O/c29-22-10-20(11-22)13-30-12-19-6-7-27-32-23(18-34(27)16-19)17-33-9-8-24-25(21-4-2-1-3-5-21)14-31-15-26(24)28(33)35/h1-9,14-16,18,20,22,30H,10-13,17H2. The zero-order valence-corrected chi connectivity index (χ0v) is 19.3. The van der Waals surface area contributed by atoms with Crippen LogP contribution in [0.1, 0.15) is 24.1 Å². The minimum atomic E-state index is -0.611. The molecule has 0 radical (unpaired) electrons. The minimum Gasteiger partial charge on any atom is -0.312 e. The third-order valence-corrected chi connectivity index (χ3v) is 6.82. The highest BCUT2D eigenvalue weighted by atomic mass is 19.1. The summed E-state index contributed by atoms with van der Waals surface area (Å²) >= 11 is 0. The van der Waals surface area contributed by atoms with Gasteiger partial charge >= 0.3 is 0 Å². The molecule has 0 amide bonds. The largest absolute Gasteiger partial charge is 0.312 e. The van der Waals surface area contributed by atoms with Crippen molar-refractivity contribution < 1.29 is 4.39 Å². The monoisotopic (exact) mass is 467 g/mol. The van der Waals surface area contributed by atoms with Crippen LogP contribution in [0, 0.1) is 5.92 Å². The third-order valence-electron chi connectivity index (χ3n) is 6.82. The summed E-state index contributed by atoms with van der Waals surface area (Å²) in [5.74, 6) is 0.452. The van der Waals surface area contributed by atoms with Gasteiger partial charge in [0.25, 0.3) is 5.56 Å². The average Bonchev–Trinajstić information content (AvgIpc) is 3.26. The molecule has 4 aromatic heterocycles. The number of halogens is 1. The second-order valence-electron chi connectivity index (χ2n) is 9.36. The van der Waals surface area contributed by atoms with Crippen molar-refractivity contribution in [2.45, 2.75) is 32.1 Å². The maximum atomic E-state index is 13.3. The van der Waals surface area contributed by atoms with Gasteiger partial charge < -0.3 is 14.3 Å². The van der Waals surface area contributed by atoms with Gasteiger partial charge in [0.2, 0.25) is 0 Å². The normalized spacial score (nSPS) is 17.6. The third kappa shape index (κ3) is 4.35. The van der Waals surface area contributed by atoms with E-state index in [0.29, 0.717) is 30.7 Å². The van der Waals surface area contributed by atoms with Crippen molar-refractivity contribution in [3.8, 4) is 11.1 Å². The predicted molar refractivity (Wildman–Crippen MR) is 135 cm³/mol. The molecule has 0 aliphatic heterocycles. The lowest BCUT2D eigenvalue weighted by Gasteiger charge is -2.29. The first kappa shape index (κ1) is 21.7. The molecule has 0 atom stereocenters. The molecule has 35 heavy (non-hydrogen) atoms. The van der Waals surface area contributed by atoms with Gasteiger partial charge in [0.05, 0.1) is 17.6 Å². The number of aromatic nitrogens is 4. The second-order valence-corrected chi connectivity index (χ2v) is 9.36. The molecule has 6 rings (SSSR count). The van der Waals surface area contributed by atoms with Crippen LogP contribution in [0.3, 0.4) is 0 Å². The molecule has 1 aliphatic rings. The Morgan fingerprint density at radius 3 is 2.69 bits per heavy atom. The number of imidazole rings is 1. The van der Waals surface area contributed by atoms with E-state index in [1.807, 2.05) is 59.3 Å². The number of alkyl halides is 1. The maximum Gasteiger partial charge on any atom is 0.260 e. The van der Waals surface area contributed by atoms with Crippen LogP contribution in [0.25, 0.3) is 27.5 Å². The van der Waals surface area contributed by atoms with Crippen molar-refractivity contribution in [2.24, 2.45) is 5.92 Å². The lowest BCUT2D eigenvalue weighted by Crippen LogP contribution is -2.33. The molecule has 0 spiro atoms. The number of rotatable bonds is 7. The number of hydrogen-bond acceptors (Lipinski definition) is 4. The van der Waals surface area contributed by atoms with E-state index in [4.69, 9.17) is 4.98 Å². The smallest absolute Gasteiger partial charge is 0.260 e. The Balaban J connectivity index is 1.22. The van der Waals surface area contributed by atoms with Crippen LogP contribution in [0.5, 0.6) is 0 Å². The van der Waals surface area contributed by atoms with Crippen LogP contribution in [0.4, 0.5) is 4.39 Å². The highest BCUT2D eigenvalue weighted by molar-refractivity contribution is 5.95. The van der Waals surface area contributed by atoms with E-state index in [9.17, 15) is 9.18 Å². The van der Waals surface area contributed by atoms with Gasteiger partial charge in [0, 0.05) is 43.1 Å². The van der Waals surface area contributed by atoms with Crippen LogP contribution in [0.15, 0.2) is 84.3 Å². The van der Waals surface area contributed by atoms with Gasteiger partial charge in [-0.2, -0.15) is 0 Å². The zero-order valence-electron chi connectivity index (χ0n) is 19.3. The number of benzene rings is 1. The van der Waals surface area contributed by atoms with Gasteiger partial charge in [-0.05, 0) is 54.0 Å². The van der Waals surface area contributed by atoms with E-state index in [1.165, 1.54) is 0 Å². The highest BCUT2D eigenvalue weighted by Gasteiger charge is 2.28. The van der Waals surface area contributed by atoms with Crippen molar-refractivity contribution >= 4 is 16.4 Å². The molecular formula is C28H26FN5O. The summed E-state index contributed by atoms with van der Waals surface area (Å²) in [7, 11) is 0. The fraction of sp³-hybridized carbons (Fsp3) is 0.250. The van der Waals surface area contributed by atoms with Gasteiger partial charge in [-0.1, -0.05) is 36.4 Å². The van der Waals surface area contributed by atoms with Crippen LogP contribution in [-0.2, 0) is 13.1 Å². The first-order chi connectivity index (χ1) is 17.1. The highest BCUT2D eigenvalue weighted by Crippen LogP contribution is 2.29. The molecule has 1 aliphatic carbocycles. The summed E-state index contributed by atoms with van der Waals surface area (Å²) in [6.07, 6.45) is 10.0. The molecule has 0 saturated heterocycles. The van der Waals surface area contributed by atoms with E-state index >= 15 is 0 Å². The van der Waals surface area contributed by atoms with Crippen molar-refractivity contribution in [1.29, 1.82) is 0 Å². The van der Waals surface area contributed by atoms with Crippen molar-refractivity contribution in [1.82, 2.24) is 24.3 Å². The molecule has 1 aromatic carbocycles. The number of pyridine rings is 3. The van der Waals surface area contributed by atoms with Crippen molar-refractivity contribution in [3.63, 3.8) is 0 Å². The van der Waals surface area contributed by atoms with E-state index in [0.717, 1.165) is 46.5 Å². The van der Waals surface area contributed by atoms with Crippen molar-refractivity contribution in [3.05, 3.63) is 101 Å². The summed E-state index contributed by atoms with van der Waals surface area (Å²) in [4.78, 5) is 22.3. The Morgan fingerprint density at radius 1 is 1.00 bits per heavy atom. The SMILES string of the molecule is O=c1c2cncc(-c3ccccc3)c2ccn1Cc1cn2cc(CNCC3CC(F)C3)ccc2n1. The first-order valence-corrected chi connectivity index (χ1v) is 12.0. The first-order valence-electron chi connectivity index (χ1n) is 12.0. The Hall–Kier alpha value is -3.84. The topological polar surface area (TPSA) is 64.2 Å². The molecule has 176 valence electrons. The Morgan fingerprint density at radius 2 is 1.86 bits per heavy atom. The van der Waals surface area contributed by atoms with Crippen LogP contribution < -0.4 is 10.9 Å². The number of fused-ring (bicyclic) bond motifs is 2. The number of hydrogen-bond donors (Lipinski definition) is 1. The van der Waals surface area contributed by atoms with Crippen LogP contribution in [0.2, 0.25) is 0 Å². The molecule has 7 heteroatoms. The molecule has 5 aromatic rings. The fourth-order valence-electron chi connectivity index (χ4n) is 4.87. The summed E-state index contributed by atoms with van der Waals surface area (Å²) in [5.41, 5.74) is 4.69. The van der Waals surface area contributed by atoms with E-state index in [-0.39, 0.29) is 5.56 Å². The molecule has 1 N–H and O–H groups in total. The number of nitrogens with one attached hydrogen (secondary N) is 1. The molecule has 4 heterocycles.